The van der Waals surface area contributed by atoms with Crippen LogP contribution in [-0.2, 0) is 0 Å². The topological polar surface area (TPSA) is 63.6 Å². The summed E-state index contributed by atoms with van der Waals surface area (Å²) in [5, 5.41) is 4.08. The highest BCUT2D eigenvalue weighted by atomic mass is 15.1. The Morgan fingerprint density at radius 1 is 0.882 bits per heavy atom. The van der Waals surface area contributed by atoms with Crippen LogP contribution in [0, 0.1) is 0 Å². The van der Waals surface area contributed by atoms with Gasteiger partial charge in [0.05, 0.1) is 11.7 Å². The van der Waals surface area contributed by atoms with Gasteiger partial charge in [-0.25, -0.2) is 9.97 Å². The summed E-state index contributed by atoms with van der Waals surface area (Å²) in [5.74, 6) is 1.40. The normalized spacial score (nSPS) is 10.4. The van der Waals surface area contributed by atoms with Crippen LogP contribution in [0.2, 0.25) is 0 Å². The molecule has 3 heterocycles. The van der Waals surface area contributed by atoms with Crippen molar-refractivity contribution < 1.29 is 0 Å². The number of pyridine rings is 2. The maximum atomic E-state index is 4.28. The third-order valence-electron chi connectivity index (χ3n) is 2.34. The van der Waals surface area contributed by atoms with Crippen LogP contribution in [-0.4, -0.2) is 19.9 Å². The molecule has 0 aliphatic carbocycles. The fourth-order valence-electron chi connectivity index (χ4n) is 1.59. The number of nitrogens with zero attached hydrogens (tertiary/aromatic N) is 4. The Labute approximate surface area is 97.6 Å². The standard InChI is InChI=1S/C12H9N5/c1-2-9-10(14-4-1)3-5-16-12(9)17-11-8-13-6-7-15-11/h1-8H,(H,15,16,17). The van der Waals surface area contributed by atoms with Gasteiger partial charge in [0, 0.05) is 30.2 Å². The van der Waals surface area contributed by atoms with E-state index in [0.29, 0.717) is 5.82 Å². The average Bonchev–Trinajstić information content (AvgIpc) is 2.40. The van der Waals surface area contributed by atoms with Crippen molar-refractivity contribution in [1.82, 2.24) is 19.9 Å². The number of anilines is 2. The van der Waals surface area contributed by atoms with Gasteiger partial charge in [-0.3, -0.25) is 9.97 Å². The molecule has 0 aliphatic rings. The van der Waals surface area contributed by atoms with Crippen molar-refractivity contribution >= 4 is 22.5 Å². The van der Waals surface area contributed by atoms with Gasteiger partial charge in [-0.05, 0) is 18.2 Å². The van der Waals surface area contributed by atoms with E-state index in [4.69, 9.17) is 0 Å². The molecule has 0 bridgehead atoms. The molecule has 3 aromatic heterocycles. The highest BCUT2D eigenvalue weighted by Crippen LogP contribution is 2.20. The zero-order valence-electron chi connectivity index (χ0n) is 8.91. The van der Waals surface area contributed by atoms with Crippen molar-refractivity contribution in [2.75, 3.05) is 5.32 Å². The molecule has 0 aliphatic heterocycles. The second-order valence-electron chi connectivity index (χ2n) is 3.45. The molecular weight excluding hydrogens is 214 g/mol. The second kappa shape index (κ2) is 4.13. The van der Waals surface area contributed by atoms with Gasteiger partial charge < -0.3 is 5.32 Å². The van der Waals surface area contributed by atoms with E-state index in [1.165, 1.54) is 0 Å². The number of fused-ring (bicyclic) bond motifs is 1. The predicted molar refractivity (Wildman–Crippen MR) is 64.9 cm³/mol. The van der Waals surface area contributed by atoms with Crippen molar-refractivity contribution in [3.8, 4) is 0 Å². The minimum absolute atomic E-state index is 0.663. The van der Waals surface area contributed by atoms with Crippen LogP contribution in [0.4, 0.5) is 11.6 Å². The molecule has 17 heavy (non-hydrogen) atoms. The molecule has 5 nitrogen and oxygen atoms in total. The number of nitrogens with one attached hydrogen (secondary N) is 1. The predicted octanol–water partition coefficient (Wildman–Crippen LogP) is 2.16. The van der Waals surface area contributed by atoms with Gasteiger partial charge in [0.25, 0.3) is 0 Å². The Kier molecular flexibility index (Phi) is 2.34. The summed E-state index contributed by atoms with van der Waals surface area (Å²) in [4.78, 5) is 16.7. The fourth-order valence-corrected chi connectivity index (χ4v) is 1.59. The number of aromatic nitrogens is 4. The molecule has 0 spiro atoms. The van der Waals surface area contributed by atoms with E-state index in [9.17, 15) is 0 Å². The second-order valence-corrected chi connectivity index (χ2v) is 3.45. The van der Waals surface area contributed by atoms with Crippen LogP contribution >= 0.6 is 0 Å². The van der Waals surface area contributed by atoms with Crippen LogP contribution in [0.15, 0.2) is 49.2 Å². The molecule has 0 saturated heterocycles. The summed E-state index contributed by atoms with van der Waals surface area (Å²) in [6.07, 6.45) is 8.38. The Morgan fingerprint density at radius 3 is 2.76 bits per heavy atom. The Bertz CT molecular complexity index is 633. The quantitative estimate of drug-likeness (QED) is 0.721. The summed E-state index contributed by atoms with van der Waals surface area (Å²) in [5.41, 5.74) is 0.897. The number of hydrogen-bond acceptors (Lipinski definition) is 5. The first kappa shape index (κ1) is 9.65. The lowest BCUT2D eigenvalue weighted by Crippen LogP contribution is -1.97. The van der Waals surface area contributed by atoms with Gasteiger partial charge in [0.1, 0.15) is 11.6 Å². The van der Waals surface area contributed by atoms with E-state index in [2.05, 4.69) is 25.3 Å². The average molecular weight is 223 g/mol. The van der Waals surface area contributed by atoms with Crippen molar-refractivity contribution in [1.29, 1.82) is 0 Å². The van der Waals surface area contributed by atoms with Crippen LogP contribution in [0.25, 0.3) is 10.9 Å². The van der Waals surface area contributed by atoms with Gasteiger partial charge in [0.15, 0.2) is 0 Å². The lowest BCUT2D eigenvalue weighted by Gasteiger charge is -2.06. The van der Waals surface area contributed by atoms with Crippen LogP contribution in [0.1, 0.15) is 0 Å². The molecule has 0 unspecified atom stereocenters. The molecule has 1 N–H and O–H groups in total. The third kappa shape index (κ3) is 1.90. The van der Waals surface area contributed by atoms with Gasteiger partial charge in [0.2, 0.25) is 0 Å². The van der Waals surface area contributed by atoms with E-state index >= 15 is 0 Å². The first-order chi connectivity index (χ1) is 8.43. The highest BCUT2D eigenvalue weighted by Gasteiger charge is 2.03. The minimum Gasteiger partial charge on any atom is -0.323 e. The maximum absolute atomic E-state index is 4.28. The molecule has 0 aromatic carbocycles. The van der Waals surface area contributed by atoms with Crippen molar-refractivity contribution in [3.63, 3.8) is 0 Å². The van der Waals surface area contributed by atoms with E-state index < -0.39 is 0 Å². The minimum atomic E-state index is 0.663. The molecule has 0 radical (unpaired) electrons. The zero-order chi connectivity index (χ0) is 11.5. The summed E-state index contributed by atoms with van der Waals surface area (Å²) < 4.78 is 0. The Balaban J connectivity index is 2.06. The molecule has 0 amide bonds. The largest absolute Gasteiger partial charge is 0.323 e. The van der Waals surface area contributed by atoms with E-state index in [1.807, 2.05) is 18.2 Å². The number of rotatable bonds is 2. The van der Waals surface area contributed by atoms with Crippen molar-refractivity contribution in [2.24, 2.45) is 0 Å². The van der Waals surface area contributed by atoms with Crippen molar-refractivity contribution in [2.45, 2.75) is 0 Å². The first-order valence-corrected chi connectivity index (χ1v) is 5.16. The fraction of sp³-hybridized carbons (Fsp3) is 0. The highest BCUT2D eigenvalue weighted by molar-refractivity contribution is 5.90. The zero-order valence-corrected chi connectivity index (χ0v) is 8.91. The van der Waals surface area contributed by atoms with Crippen LogP contribution in [0.3, 0.4) is 0 Å². The van der Waals surface area contributed by atoms with E-state index in [-0.39, 0.29) is 0 Å². The lowest BCUT2D eigenvalue weighted by atomic mass is 10.2. The van der Waals surface area contributed by atoms with Gasteiger partial charge in [-0.1, -0.05) is 0 Å². The third-order valence-corrected chi connectivity index (χ3v) is 2.34. The smallest absolute Gasteiger partial charge is 0.150 e. The molecule has 5 heteroatoms. The molecule has 0 fully saturated rings. The van der Waals surface area contributed by atoms with E-state index in [1.54, 1.807) is 31.0 Å². The Morgan fingerprint density at radius 2 is 1.88 bits per heavy atom. The van der Waals surface area contributed by atoms with Crippen molar-refractivity contribution in [3.05, 3.63) is 49.2 Å². The van der Waals surface area contributed by atoms with E-state index in [0.717, 1.165) is 16.7 Å². The summed E-state index contributed by atoms with van der Waals surface area (Å²) >= 11 is 0. The summed E-state index contributed by atoms with van der Waals surface area (Å²) in [6, 6.07) is 5.72. The molecule has 0 atom stereocenters. The monoisotopic (exact) mass is 223 g/mol. The van der Waals surface area contributed by atoms with Gasteiger partial charge >= 0.3 is 0 Å². The molecule has 0 saturated carbocycles. The van der Waals surface area contributed by atoms with Crippen LogP contribution < -0.4 is 5.32 Å². The summed E-state index contributed by atoms with van der Waals surface area (Å²) in [6.45, 7) is 0. The van der Waals surface area contributed by atoms with Crippen LogP contribution in [0.5, 0.6) is 0 Å². The first-order valence-electron chi connectivity index (χ1n) is 5.16. The summed E-state index contributed by atoms with van der Waals surface area (Å²) in [7, 11) is 0. The van der Waals surface area contributed by atoms with Gasteiger partial charge in [-0.2, -0.15) is 0 Å². The number of hydrogen-bond donors (Lipinski definition) is 1. The Hall–Kier alpha value is -2.56. The molecule has 3 rings (SSSR count). The molecular formula is C12H9N5. The maximum Gasteiger partial charge on any atom is 0.150 e. The lowest BCUT2D eigenvalue weighted by molar-refractivity contribution is 1.18. The SMILES string of the molecule is c1cnc2ccnc(Nc3cnccn3)c2c1. The van der Waals surface area contributed by atoms with Gasteiger partial charge in [-0.15, -0.1) is 0 Å². The molecule has 82 valence electrons. The molecule has 3 aromatic rings.